The first-order valence-corrected chi connectivity index (χ1v) is 10.0. The van der Waals surface area contributed by atoms with Crippen molar-refractivity contribution in [2.45, 2.75) is 38.3 Å². The highest BCUT2D eigenvalue weighted by Crippen LogP contribution is 2.37. The summed E-state index contributed by atoms with van der Waals surface area (Å²) < 4.78 is 10.9. The van der Waals surface area contributed by atoms with Crippen molar-refractivity contribution in [2.24, 2.45) is 0 Å². The fourth-order valence-corrected chi connectivity index (χ4v) is 4.22. The second-order valence-corrected chi connectivity index (χ2v) is 7.66. The van der Waals surface area contributed by atoms with E-state index in [0.29, 0.717) is 28.9 Å². The number of nitrogens with zero attached hydrogens (tertiary/aromatic N) is 4. The van der Waals surface area contributed by atoms with Crippen LogP contribution in [0, 0.1) is 0 Å². The lowest BCUT2D eigenvalue weighted by atomic mass is 10.1. The monoisotopic (exact) mass is 410 g/mol. The molecule has 1 aliphatic carbocycles. The van der Waals surface area contributed by atoms with Crippen molar-refractivity contribution in [2.75, 3.05) is 6.79 Å². The van der Waals surface area contributed by atoms with Gasteiger partial charge in [-0.3, -0.25) is 9.78 Å². The van der Waals surface area contributed by atoms with Gasteiger partial charge in [0.15, 0.2) is 11.5 Å². The molecule has 2 aliphatic rings. The van der Waals surface area contributed by atoms with Gasteiger partial charge in [0.25, 0.3) is 5.91 Å². The van der Waals surface area contributed by atoms with Crippen LogP contribution in [0.3, 0.4) is 0 Å². The summed E-state index contributed by atoms with van der Waals surface area (Å²) in [5, 5.41) is 1.28. The van der Waals surface area contributed by atoms with E-state index < -0.39 is 0 Å². The quantitative estimate of drug-likeness (QED) is 0.605. The molecule has 1 aromatic carbocycles. The lowest BCUT2D eigenvalue weighted by Crippen LogP contribution is -2.38. The number of pyridine rings is 1. The summed E-state index contributed by atoms with van der Waals surface area (Å²) in [6.45, 7) is 0.574. The Bertz CT molecular complexity index is 1070. The summed E-state index contributed by atoms with van der Waals surface area (Å²) in [4.78, 5) is 27.8. The molecule has 1 saturated carbocycles. The molecule has 0 bridgehead atoms. The number of ether oxygens (including phenoxy) is 2. The minimum absolute atomic E-state index is 0.133. The van der Waals surface area contributed by atoms with Crippen LogP contribution in [0.25, 0.3) is 10.9 Å². The molecule has 1 aliphatic heterocycles. The summed E-state index contributed by atoms with van der Waals surface area (Å²) >= 11 is 6.51. The number of halogens is 1. The van der Waals surface area contributed by atoms with E-state index in [1.807, 2.05) is 23.1 Å². The summed E-state index contributed by atoms with van der Waals surface area (Å²) in [5.74, 6) is 1.22. The van der Waals surface area contributed by atoms with Crippen LogP contribution < -0.4 is 9.47 Å². The average molecular weight is 411 g/mol. The minimum atomic E-state index is -0.133. The first-order valence-electron chi connectivity index (χ1n) is 9.65. The third-order valence-electron chi connectivity index (χ3n) is 5.48. The zero-order chi connectivity index (χ0) is 19.8. The van der Waals surface area contributed by atoms with E-state index in [4.69, 9.17) is 21.1 Å². The molecule has 0 N–H and O–H groups in total. The standard InChI is InChI=1S/C21H19ClN4O3/c22-20-14(7-13-8-18-19(29-12-28-18)9-16(13)25-20)11-26(15-3-1-2-4-15)21(27)17-10-23-5-6-24-17/h5-10,15H,1-4,11-12H2. The van der Waals surface area contributed by atoms with E-state index in [2.05, 4.69) is 15.0 Å². The molecule has 3 heterocycles. The Hall–Kier alpha value is -2.93. The van der Waals surface area contributed by atoms with Gasteiger partial charge in [0.05, 0.1) is 11.7 Å². The molecule has 29 heavy (non-hydrogen) atoms. The fourth-order valence-electron chi connectivity index (χ4n) is 4.02. The Labute approximate surface area is 172 Å². The van der Waals surface area contributed by atoms with Crippen LogP contribution >= 0.6 is 11.6 Å². The van der Waals surface area contributed by atoms with Crippen molar-refractivity contribution >= 4 is 28.4 Å². The molecule has 1 fully saturated rings. The predicted octanol–water partition coefficient (Wildman–Crippen LogP) is 3.99. The van der Waals surface area contributed by atoms with Crippen LogP contribution in [0.5, 0.6) is 11.5 Å². The first-order chi connectivity index (χ1) is 14.2. The maximum Gasteiger partial charge on any atom is 0.274 e. The molecule has 0 atom stereocenters. The van der Waals surface area contributed by atoms with Crippen LogP contribution in [0.2, 0.25) is 5.15 Å². The van der Waals surface area contributed by atoms with Gasteiger partial charge in [-0.05, 0) is 25.0 Å². The Kier molecular flexibility index (Phi) is 4.67. The lowest BCUT2D eigenvalue weighted by molar-refractivity contribution is 0.0658. The molecule has 0 saturated heterocycles. The van der Waals surface area contributed by atoms with E-state index in [1.165, 1.54) is 12.4 Å². The van der Waals surface area contributed by atoms with Gasteiger partial charge in [-0.2, -0.15) is 0 Å². The Morgan fingerprint density at radius 1 is 1.14 bits per heavy atom. The van der Waals surface area contributed by atoms with Crippen molar-refractivity contribution in [3.63, 3.8) is 0 Å². The van der Waals surface area contributed by atoms with Gasteiger partial charge in [-0.1, -0.05) is 24.4 Å². The van der Waals surface area contributed by atoms with Gasteiger partial charge in [-0.25, -0.2) is 9.97 Å². The highest BCUT2D eigenvalue weighted by molar-refractivity contribution is 6.30. The second kappa shape index (κ2) is 7.48. The van der Waals surface area contributed by atoms with Crippen LogP contribution in [0.15, 0.2) is 36.8 Å². The van der Waals surface area contributed by atoms with Crippen molar-refractivity contribution in [3.8, 4) is 11.5 Å². The molecular formula is C21H19ClN4O3. The molecule has 1 amide bonds. The molecule has 3 aromatic rings. The minimum Gasteiger partial charge on any atom is -0.454 e. The summed E-state index contributed by atoms with van der Waals surface area (Å²) in [7, 11) is 0. The van der Waals surface area contributed by atoms with Gasteiger partial charge in [0.2, 0.25) is 6.79 Å². The number of fused-ring (bicyclic) bond motifs is 2. The van der Waals surface area contributed by atoms with Gasteiger partial charge >= 0.3 is 0 Å². The summed E-state index contributed by atoms with van der Waals surface area (Å²) in [6, 6.07) is 5.85. The van der Waals surface area contributed by atoms with Crippen molar-refractivity contribution in [3.05, 3.63) is 53.2 Å². The number of carbonyl (C=O) groups excluding carboxylic acids is 1. The molecule has 148 valence electrons. The Morgan fingerprint density at radius 3 is 2.69 bits per heavy atom. The summed E-state index contributed by atoms with van der Waals surface area (Å²) in [5.41, 5.74) is 1.87. The van der Waals surface area contributed by atoms with Crippen LogP contribution in [0.4, 0.5) is 0 Å². The van der Waals surface area contributed by atoms with Crippen molar-refractivity contribution < 1.29 is 14.3 Å². The summed E-state index contributed by atoms with van der Waals surface area (Å²) in [6.07, 6.45) is 8.78. The maximum atomic E-state index is 13.2. The predicted molar refractivity (Wildman–Crippen MR) is 107 cm³/mol. The largest absolute Gasteiger partial charge is 0.454 e. The van der Waals surface area contributed by atoms with Crippen molar-refractivity contribution in [1.82, 2.24) is 19.9 Å². The first kappa shape index (κ1) is 18.1. The van der Waals surface area contributed by atoms with E-state index in [1.54, 1.807) is 6.20 Å². The van der Waals surface area contributed by atoms with Crippen molar-refractivity contribution in [1.29, 1.82) is 0 Å². The number of rotatable bonds is 4. The number of aromatic nitrogens is 3. The van der Waals surface area contributed by atoms with Gasteiger partial charge in [0.1, 0.15) is 10.8 Å². The third kappa shape index (κ3) is 3.46. The van der Waals surface area contributed by atoms with E-state index in [0.717, 1.165) is 42.1 Å². The highest BCUT2D eigenvalue weighted by atomic mass is 35.5. The number of benzene rings is 1. The van der Waals surface area contributed by atoms with Gasteiger partial charge < -0.3 is 14.4 Å². The Morgan fingerprint density at radius 2 is 1.93 bits per heavy atom. The third-order valence-corrected chi connectivity index (χ3v) is 5.81. The highest BCUT2D eigenvalue weighted by Gasteiger charge is 2.29. The van der Waals surface area contributed by atoms with Gasteiger partial charge in [-0.15, -0.1) is 0 Å². The molecule has 7 nitrogen and oxygen atoms in total. The molecule has 0 radical (unpaired) electrons. The maximum absolute atomic E-state index is 13.2. The number of hydrogen-bond donors (Lipinski definition) is 0. The number of amides is 1. The average Bonchev–Trinajstić information content (AvgIpc) is 3.42. The van der Waals surface area contributed by atoms with Crippen LogP contribution in [-0.4, -0.2) is 38.6 Å². The molecule has 0 unspecified atom stereocenters. The van der Waals surface area contributed by atoms with Gasteiger partial charge in [0, 0.05) is 42.0 Å². The fraction of sp³-hybridized carbons (Fsp3) is 0.333. The Balaban J connectivity index is 1.51. The van der Waals surface area contributed by atoms with E-state index in [-0.39, 0.29) is 18.7 Å². The normalized spacial score (nSPS) is 15.8. The smallest absolute Gasteiger partial charge is 0.274 e. The number of carbonyl (C=O) groups is 1. The molecule has 0 spiro atoms. The lowest BCUT2D eigenvalue weighted by Gasteiger charge is -2.29. The molecule has 8 heteroatoms. The molecular weight excluding hydrogens is 392 g/mol. The van der Waals surface area contributed by atoms with Crippen LogP contribution in [-0.2, 0) is 6.54 Å². The van der Waals surface area contributed by atoms with E-state index in [9.17, 15) is 4.79 Å². The topological polar surface area (TPSA) is 77.4 Å². The van der Waals surface area contributed by atoms with Crippen LogP contribution in [0.1, 0.15) is 41.7 Å². The number of hydrogen-bond acceptors (Lipinski definition) is 6. The molecule has 5 rings (SSSR count). The second-order valence-electron chi connectivity index (χ2n) is 7.30. The zero-order valence-electron chi connectivity index (χ0n) is 15.7. The SMILES string of the molecule is O=C(c1cnccn1)N(Cc1cc2cc3c(cc2nc1Cl)OCO3)C1CCCC1. The molecule has 2 aromatic heterocycles. The van der Waals surface area contributed by atoms with E-state index >= 15 is 0 Å². The zero-order valence-corrected chi connectivity index (χ0v) is 16.4.